The molecule has 1 heterocycles. The second kappa shape index (κ2) is 5.80. The minimum absolute atomic E-state index is 0.0669. The lowest BCUT2D eigenvalue weighted by Crippen LogP contribution is -2.39. The normalized spacial score (nSPS) is 12.7. The van der Waals surface area contributed by atoms with Gasteiger partial charge in [-0.15, -0.1) is 11.3 Å². The van der Waals surface area contributed by atoms with Crippen molar-refractivity contribution >= 4 is 11.3 Å². The van der Waals surface area contributed by atoms with Gasteiger partial charge in [0.05, 0.1) is 0 Å². The molecule has 0 amide bonds. The van der Waals surface area contributed by atoms with E-state index in [0.717, 1.165) is 19.5 Å². The Morgan fingerprint density at radius 3 is 2.56 bits per heavy atom. The molecule has 0 fully saturated rings. The van der Waals surface area contributed by atoms with Crippen molar-refractivity contribution in [2.75, 3.05) is 6.54 Å². The molecule has 0 unspecified atom stereocenters. The van der Waals surface area contributed by atoms with E-state index in [2.05, 4.69) is 50.1 Å². The zero-order valence-corrected chi connectivity index (χ0v) is 11.7. The summed E-state index contributed by atoms with van der Waals surface area (Å²) in [5.41, 5.74) is 5.97. The van der Waals surface area contributed by atoms with E-state index in [1.54, 1.807) is 0 Å². The van der Waals surface area contributed by atoms with Crippen LogP contribution in [0.4, 0.5) is 0 Å². The smallest absolute Gasteiger partial charge is 0.0330 e. The Labute approximate surface area is 103 Å². The van der Waals surface area contributed by atoms with Crippen molar-refractivity contribution in [2.45, 2.75) is 52.2 Å². The van der Waals surface area contributed by atoms with Crippen molar-refractivity contribution in [3.05, 3.63) is 22.4 Å². The fourth-order valence-corrected chi connectivity index (χ4v) is 2.28. The lowest BCUT2D eigenvalue weighted by atomic mass is 10.0. The second-order valence-corrected chi connectivity index (χ2v) is 6.41. The van der Waals surface area contributed by atoms with Crippen LogP contribution in [0.25, 0.3) is 0 Å². The van der Waals surface area contributed by atoms with E-state index >= 15 is 0 Å². The lowest BCUT2D eigenvalue weighted by molar-refractivity contribution is 0.197. The summed E-state index contributed by atoms with van der Waals surface area (Å²) in [4.78, 5) is 3.92. The summed E-state index contributed by atoms with van der Waals surface area (Å²) in [5.74, 6) is 0. The third-order valence-corrected chi connectivity index (χ3v) is 3.57. The average molecular weight is 240 g/mol. The molecule has 0 aliphatic heterocycles. The van der Waals surface area contributed by atoms with Crippen LogP contribution >= 0.6 is 11.3 Å². The molecular weight excluding hydrogens is 216 g/mol. The Morgan fingerprint density at radius 2 is 2.12 bits per heavy atom. The van der Waals surface area contributed by atoms with E-state index in [4.69, 9.17) is 5.73 Å². The molecule has 1 aromatic rings. The number of hydrogen-bond acceptors (Lipinski definition) is 3. The molecule has 0 saturated carbocycles. The predicted octanol–water partition coefficient (Wildman–Crippen LogP) is 3.09. The third-order valence-electron chi connectivity index (χ3n) is 2.71. The Bertz CT molecular complexity index is 285. The van der Waals surface area contributed by atoms with E-state index in [9.17, 15) is 0 Å². The first-order valence-electron chi connectivity index (χ1n) is 5.94. The Morgan fingerprint density at radius 1 is 1.44 bits per heavy atom. The zero-order valence-electron chi connectivity index (χ0n) is 10.9. The molecule has 0 radical (unpaired) electrons. The quantitative estimate of drug-likeness (QED) is 0.828. The molecule has 0 atom stereocenters. The van der Waals surface area contributed by atoms with Crippen LogP contribution in [0.15, 0.2) is 17.5 Å². The highest BCUT2D eigenvalue weighted by Gasteiger charge is 2.16. The van der Waals surface area contributed by atoms with Crippen molar-refractivity contribution in [1.82, 2.24) is 4.90 Å². The molecule has 0 bridgehead atoms. The topological polar surface area (TPSA) is 29.3 Å². The van der Waals surface area contributed by atoms with Gasteiger partial charge in [-0.3, -0.25) is 4.90 Å². The van der Waals surface area contributed by atoms with E-state index in [-0.39, 0.29) is 5.54 Å². The maximum Gasteiger partial charge on any atom is 0.0330 e. The Balaban J connectivity index is 2.48. The fourth-order valence-electron chi connectivity index (χ4n) is 1.55. The van der Waals surface area contributed by atoms with Crippen molar-refractivity contribution in [1.29, 1.82) is 0 Å². The van der Waals surface area contributed by atoms with Crippen LogP contribution in [0, 0.1) is 0 Å². The average Bonchev–Trinajstić information content (AvgIpc) is 2.62. The molecule has 1 rings (SSSR count). The highest BCUT2D eigenvalue weighted by molar-refractivity contribution is 7.09. The molecule has 0 spiro atoms. The van der Waals surface area contributed by atoms with Crippen LogP contribution in [-0.4, -0.2) is 23.0 Å². The van der Waals surface area contributed by atoms with Gasteiger partial charge in [-0.2, -0.15) is 0 Å². The Hall–Kier alpha value is -0.380. The van der Waals surface area contributed by atoms with E-state index in [1.807, 2.05) is 11.3 Å². The first kappa shape index (κ1) is 13.7. The van der Waals surface area contributed by atoms with Crippen LogP contribution in [0.1, 0.15) is 39.0 Å². The number of thiophene rings is 1. The van der Waals surface area contributed by atoms with Gasteiger partial charge in [0.15, 0.2) is 0 Å². The second-order valence-electron chi connectivity index (χ2n) is 5.38. The first-order valence-corrected chi connectivity index (χ1v) is 6.82. The Kier molecular flexibility index (Phi) is 4.96. The summed E-state index contributed by atoms with van der Waals surface area (Å²) < 4.78 is 0. The predicted molar refractivity (Wildman–Crippen MR) is 72.7 cm³/mol. The lowest BCUT2D eigenvalue weighted by Gasteiger charge is -2.29. The van der Waals surface area contributed by atoms with Gasteiger partial charge in [-0.1, -0.05) is 6.07 Å². The van der Waals surface area contributed by atoms with Crippen molar-refractivity contribution < 1.29 is 0 Å². The highest BCUT2D eigenvalue weighted by atomic mass is 32.1. The van der Waals surface area contributed by atoms with E-state index in [0.29, 0.717) is 6.04 Å². The molecule has 0 aromatic carbocycles. The van der Waals surface area contributed by atoms with Gasteiger partial charge in [0, 0.05) is 29.5 Å². The SMILES string of the molecule is CC(C)N(CCC(C)(C)N)Cc1cccs1. The van der Waals surface area contributed by atoms with Crippen LogP contribution < -0.4 is 5.73 Å². The molecule has 2 nitrogen and oxygen atoms in total. The largest absolute Gasteiger partial charge is 0.326 e. The number of hydrogen-bond donors (Lipinski definition) is 1. The summed E-state index contributed by atoms with van der Waals surface area (Å²) in [6.45, 7) is 10.8. The summed E-state index contributed by atoms with van der Waals surface area (Å²) >= 11 is 1.83. The fraction of sp³-hybridized carbons (Fsp3) is 0.692. The molecule has 16 heavy (non-hydrogen) atoms. The molecule has 92 valence electrons. The van der Waals surface area contributed by atoms with E-state index < -0.39 is 0 Å². The number of nitrogens with two attached hydrogens (primary N) is 1. The van der Waals surface area contributed by atoms with Crippen LogP contribution in [0.3, 0.4) is 0 Å². The van der Waals surface area contributed by atoms with Crippen LogP contribution in [0.5, 0.6) is 0 Å². The van der Waals surface area contributed by atoms with Gasteiger partial charge in [-0.05, 0) is 45.6 Å². The van der Waals surface area contributed by atoms with Crippen LogP contribution in [0.2, 0.25) is 0 Å². The minimum atomic E-state index is -0.0669. The first-order chi connectivity index (χ1) is 7.38. The maximum absolute atomic E-state index is 6.03. The third kappa shape index (κ3) is 5.10. The molecule has 0 aliphatic carbocycles. The summed E-state index contributed by atoms with van der Waals surface area (Å²) in [6, 6.07) is 4.89. The summed E-state index contributed by atoms with van der Waals surface area (Å²) in [7, 11) is 0. The van der Waals surface area contributed by atoms with Gasteiger partial charge in [-0.25, -0.2) is 0 Å². The van der Waals surface area contributed by atoms with Gasteiger partial charge in [0.2, 0.25) is 0 Å². The van der Waals surface area contributed by atoms with Gasteiger partial charge < -0.3 is 5.73 Å². The number of rotatable bonds is 6. The summed E-state index contributed by atoms with van der Waals surface area (Å²) in [5, 5.41) is 2.14. The monoisotopic (exact) mass is 240 g/mol. The van der Waals surface area contributed by atoms with Crippen LogP contribution in [-0.2, 0) is 6.54 Å². The van der Waals surface area contributed by atoms with E-state index in [1.165, 1.54) is 4.88 Å². The zero-order chi connectivity index (χ0) is 12.2. The molecule has 1 aromatic heterocycles. The molecule has 0 aliphatic rings. The van der Waals surface area contributed by atoms with Crippen molar-refractivity contribution in [2.24, 2.45) is 5.73 Å². The van der Waals surface area contributed by atoms with Gasteiger partial charge in [0.25, 0.3) is 0 Å². The van der Waals surface area contributed by atoms with Crippen molar-refractivity contribution in [3.63, 3.8) is 0 Å². The number of nitrogens with zero attached hydrogens (tertiary/aromatic N) is 1. The summed E-state index contributed by atoms with van der Waals surface area (Å²) in [6.07, 6.45) is 1.04. The maximum atomic E-state index is 6.03. The van der Waals surface area contributed by atoms with Gasteiger partial charge in [0.1, 0.15) is 0 Å². The van der Waals surface area contributed by atoms with Crippen molar-refractivity contribution in [3.8, 4) is 0 Å². The molecule has 2 N–H and O–H groups in total. The molecule has 0 saturated heterocycles. The molecule has 3 heteroatoms. The molecular formula is C13H24N2S. The minimum Gasteiger partial charge on any atom is -0.326 e. The standard InChI is InChI=1S/C13H24N2S/c1-11(2)15(8-7-13(3,4)14)10-12-6-5-9-16-12/h5-6,9,11H,7-8,10,14H2,1-4H3. The van der Waals surface area contributed by atoms with Gasteiger partial charge >= 0.3 is 0 Å². The highest BCUT2D eigenvalue weighted by Crippen LogP contribution is 2.15.